The van der Waals surface area contributed by atoms with Gasteiger partial charge in [-0.2, -0.15) is 0 Å². The number of hydrogen-bond donors (Lipinski definition) is 1. The van der Waals surface area contributed by atoms with E-state index in [2.05, 4.69) is 45.9 Å². The lowest BCUT2D eigenvalue weighted by atomic mass is 9.84. The van der Waals surface area contributed by atoms with E-state index in [0.717, 1.165) is 6.42 Å². The molecule has 0 fully saturated rings. The number of primary amides is 1. The molecule has 0 bridgehead atoms. The molecular formula is C15H23NO. The highest BCUT2D eigenvalue weighted by atomic mass is 16.1. The molecule has 1 aromatic carbocycles. The van der Waals surface area contributed by atoms with E-state index in [1.165, 1.54) is 16.7 Å². The van der Waals surface area contributed by atoms with E-state index in [1.807, 2.05) is 0 Å². The molecule has 2 nitrogen and oxygen atoms in total. The van der Waals surface area contributed by atoms with Gasteiger partial charge in [0, 0.05) is 6.42 Å². The van der Waals surface area contributed by atoms with Crippen LogP contribution >= 0.6 is 0 Å². The van der Waals surface area contributed by atoms with Crippen LogP contribution in [0, 0.1) is 19.8 Å². The van der Waals surface area contributed by atoms with Crippen molar-refractivity contribution in [1.29, 1.82) is 0 Å². The number of aryl methyl sites for hydroxylation is 2. The molecule has 0 saturated carbocycles. The number of benzene rings is 1. The van der Waals surface area contributed by atoms with Crippen molar-refractivity contribution >= 4 is 5.91 Å². The molecule has 0 aliphatic carbocycles. The molecule has 17 heavy (non-hydrogen) atoms. The molecular weight excluding hydrogens is 210 g/mol. The summed E-state index contributed by atoms with van der Waals surface area (Å²) in [5, 5.41) is 0. The molecule has 0 radical (unpaired) electrons. The van der Waals surface area contributed by atoms with E-state index in [0.29, 0.717) is 12.3 Å². The average Bonchev–Trinajstić information content (AvgIpc) is 2.19. The average molecular weight is 233 g/mol. The summed E-state index contributed by atoms with van der Waals surface area (Å²) < 4.78 is 0. The second kappa shape index (κ2) is 5.85. The third kappa shape index (κ3) is 4.22. The van der Waals surface area contributed by atoms with Gasteiger partial charge in [-0.3, -0.25) is 4.79 Å². The van der Waals surface area contributed by atoms with Crippen molar-refractivity contribution in [2.24, 2.45) is 11.7 Å². The van der Waals surface area contributed by atoms with E-state index < -0.39 is 0 Å². The van der Waals surface area contributed by atoms with E-state index in [9.17, 15) is 4.79 Å². The zero-order valence-corrected chi connectivity index (χ0v) is 11.3. The van der Waals surface area contributed by atoms with E-state index >= 15 is 0 Å². The van der Waals surface area contributed by atoms with E-state index in [-0.39, 0.29) is 11.8 Å². The van der Waals surface area contributed by atoms with Crippen molar-refractivity contribution in [3.8, 4) is 0 Å². The van der Waals surface area contributed by atoms with Gasteiger partial charge in [-0.05, 0) is 43.2 Å². The first-order valence-corrected chi connectivity index (χ1v) is 6.25. The normalized spacial score (nSPS) is 12.8. The molecule has 1 unspecified atom stereocenters. The molecule has 1 amide bonds. The number of carbonyl (C=O) groups is 1. The van der Waals surface area contributed by atoms with Crippen LogP contribution in [0.5, 0.6) is 0 Å². The third-order valence-corrected chi connectivity index (χ3v) is 3.08. The van der Waals surface area contributed by atoms with E-state index in [1.54, 1.807) is 0 Å². The molecule has 0 saturated heterocycles. The van der Waals surface area contributed by atoms with Gasteiger partial charge in [0.05, 0.1) is 0 Å². The summed E-state index contributed by atoms with van der Waals surface area (Å²) in [6, 6.07) is 6.42. The van der Waals surface area contributed by atoms with Crippen molar-refractivity contribution in [2.45, 2.75) is 46.5 Å². The van der Waals surface area contributed by atoms with Crippen LogP contribution in [0.3, 0.4) is 0 Å². The molecule has 0 aliphatic heterocycles. The predicted molar refractivity (Wildman–Crippen MR) is 71.9 cm³/mol. The molecule has 1 rings (SSSR count). The number of nitrogens with two attached hydrogens (primary N) is 1. The lowest BCUT2D eigenvalue weighted by molar-refractivity contribution is -0.118. The summed E-state index contributed by atoms with van der Waals surface area (Å²) in [6.07, 6.45) is 1.45. The number of hydrogen-bond acceptors (Lipinski definition) is 1. The van der Waals surface area contributed by atoms with Gasteiger partial charge in [0.15, 0.2) is 0 Å². The molecule has 2 heteroatoms. The first kappa shape index (κ1) is 13.8. The number of carbonyl (C=O) groups excluding carboxylic acids is 1. The summed E-state index contributed by atoms with van der Waals surface area (Å²) in [5.41, 5.74) is 9.12. The lowest BCUT2D eigenvalue weighted by Gasteiger charge is -2.20. The van der Waals surface area contributed by atoms with Crippen LogP contribution in [0.15, 0.2) is 18.2 Å². The first-order valence-electron chi connectivity index (χ1n) is 6.25. The SMILES string of the molecule is Cc1ccc(C)c(C(CC(N)=O)CC(C)C)c1. The quantitative estimate of drug-likeness (QED) is 0.833. The number of amides is 1. The van der Waals surface area contributed by atoms with Crippen LogP contribution in [0.1, 0.15) is 49.3 Å². The second-order valence-corrected chi connectivity index (χ2v) is 5.36. The highest BCUT2D eigenvalue weighted by Gasteiger charge is 2.17. The Morgan fingerprint density at radius 3 is 2.47 bits per heavy atom. The van der Waals surface area contributed by atoms with Gasteiger partial charge >= 0.3 is 0 Å². The second-order valence-electron chi connectivity index (χ2n) is 5.36. The van der Waals surface area contributed by atoms with Crippen molar-refractivity contribution in [3.63, 3.8) is 0 Å². The Balaban J connectivity index is 3.02. The van der Waals surface area contributed by atoms with Crippen molar-refractivity contribution in [1.82, 2.24) is 0 Å². The third-order valence-electron chi connectivity index (χ3n) is 3.08. The smallest absolute Gasteiger partial charge is 0.218 e. The Labute approximate surface area is 104 Å². The molecule has 0 aromatic heterocycles. The molecule has 0 heterocycles. The van der Waals surface area contributed by atoms with Crippen LogP contribution in [0.4, 0.5) is 0 Å². The van der Waals surface area contributed by atoms with Gasteiger partial charge in [-0.1, -0.05) is 37.6 Å². The maximum Gasteiger partial charge on any atom is 0.218 e. The fourth-order valence-electron chi connectivity index (χ4n) is 2.33. The Bertz CT molecular complexity index is 396. The molecule has 1 atom stereocenters. The Morgan fingerprint density at radius 1 is 1.29 bits per heavy atom. The van der Waals surface area contributed by atoms with E-state index in [4.69, 9.17) is 5.73 Å². The largest absolute Gasteiger partial charge is 0.370 e. The summed E-state index contributed by atoms with van der Waals surface area (Å²) in [4.78, 5) is 11.2. The van der Waals surface area contributed by atoms with Gasteiger partial charge in [-0.25, -0.2) is 0 Å². The van der Waals surface area contributed by atoms with Crippen LogP contribution < -0.4 is 5.73 Å². The van der Waals surface area contributed by atoms with Crippen molar-refractivity contribution < 1.29 is 4.79 Å². The summed E-state index contributed by atoms with van der Waals surface area (Å²) >= 11 is 0. The zero-order chi connectivity index (χ0) is 13.0. The Kier molecular flexibility index (Phi) is 4.73. The maximum absolute atomic E-state index is 11.2. The fourth-order valence-corrected chi connectivity index (χ4v) is 2.33. The van der Waals surface area contributed by atoms with Gasteiger partial charge in [-0.15, -0.1) is 0 Å². The molecule has 0 aliphatic rings. The van der Waals surface area contributed by atoms with Crippen LogP contribution in [0.25, 0.3) is 0 Å². The van der Waals surface area contributed by atoms with Gasteiger partial charge in [0.1, 0.15) is 0 Å². The lowest BCUT2D eigenvalue weighted by Crippen LogP contribution is -2.17. The van der Waals surface area contributed by atoms with Crippen LogP contribution in [-0.2, 0) is 4.79 Å². The minimum absolute atomic E-state index is 0.212. The van der Waals surface area contributed by atoms with Gasteiger partial charge in [0.25, 0.3) is 0 Å². The molecule has 2 N–H and O–H groups in total. The number of rotatable bonds is 5. The van der Waals surface area contributed by atoms with Crippen molar-refractivity contribution in [3.05, 3.63) is 34.9 Å². The van der Waals surface area contributed by atoms with Gasteiger partial charge in [0.2, 0.25) is 5.91 Å². The van der Waals surface area contributed by atoms with Gasteiger partial charge < -0.3 is 5.73 Å². The molecule has 94 valence electrons. The first-order chi connectivity index (χ1) is 7.90. The Morgan fingerprint density at radius 2 is 1.94 bits per heavy atom. The minimum atomic E-state index is -0.212. The van der Waals surface area contributed by atoms with Crippen molar-refractivity contribution in [2.75, 3.05) is 0 Å². The zero-order valence-electron chi connectivity index (χ0n) is 11.3. The fraction of sp³-hybridized carbons (Fsp3) is 0.533. The summed E-state index contributed by atoms with van der Waals surface area (Å²) in [7, 11) is 0. The molecule has 0 spiro atoms. The minimum Gasteiger partial charge on any atom is -0.370 e. The van der Waals surface area contributed by atoms with Crippen LogP contribution in [0.2, 0.25) is 0 Å². The molecule has 1 aromatic rings. The highest BCUT2D eigenvalue weighted by molar-refractivity contribution is 5.74. The maximum atomic E-state index is 11.2. The Hall–Kier alpha value is -1.31. The standard InChI is InChI=1S/C15H23NO/c1-10(2)7-13(9-15(16)17)14-8-11(3)5-6-12(14)4/h5-6,8,10,13H,7,9H2,1-4H3,(H2,16,17). The predicted octanol–water partition coefficient (Wildman–Crippen LogP) is 3.31. The highest BCUT2D eigenvalue weighted by Crippen LogP contribution is 2.30. The topological polar surface area (TPSA) is 43.1 Å². The summed E-state index contributed by atoms with van der Waals surface area (Å²) in [5.74, 6) is 0.614. The summed E-state index contributed by atoms with van der Waals surface area (Å²) in [6.45, 7) is 8.54. The van der Waals surface area contributed by atoms with Crippen LogP contribution in [-0.4, -0.2) is 5.91 Å². The monoisotopic (exact) mass is 233 g/mol.